The smallest absolute Gasteiger partial charge is 0.261 e. The lowest BCUT2D eigenvalue weighted by Crippen LogP contribution is -2.24. The summed E-state index contributed by atoms with van der Waals surface area (Å²) in [6.45, 7) is 0.715. The lowest BCUT2D eigenvalue weighted by Gasteiger charge is -2.11. The number of imidazole rings is 1. The Kier molecular flexibility index (Phi) is 4.80. The second-order valence-electron chi connectivity index (χ2n) is 8.28. The number of carbonyl (C=O) groups excluding carboxylic acids is 1. The van der Waals surface area contributed by atoms with Gasteiger partial charge in [-0.05, 0) is 43.2 Å². The van der Waals surface area contributed by atoms with Gasteiger partial charge >= 0.3 is 0 Å². The van der Waals surface area contributed by atoms with E-state index in [4.69, 9.17) is 4.98 Å². The summed E-state index contributed by atoms with van der Waals surface area (Å²) in [4.78, 5) is 36.1. The summed E-state index contributed by atoms with van der Waals surface area (Å²) in [5.74, 6) is 0.585. The largest absolute Gasteiger partial charge is 0.322 e. The lowest BCUT2D eigenvalue weighted by atomic mass is 10.1. The van der Waals surface area contributed by atoms with Crippen LogP contribution < -0.4 is 10.9 Å². The second kappa shape index (κ2) is 7.97. The molecule has 0 fully saturated rings. The van der Waals surface area contributed by atoms with E-state index in [1.165, 1.54) is 0 Å². The van der Waals surface area contributed by atoms with Gasteiger partial charge < -0.3 is 5.32 Å². The van der Waals surface area contributed by atoms with E-state index in [1.807, 2.05) is 46.4 Å². The zero-order valence-electron chi connectivity index (χ0n) is 17.8. The molecule has 0 bridgehead atoms. The van der Waals surface area contributed by atoms with E-state index < -0.39 is 0 Å². The summed E-state index contributed by atoms with van der Waals surface area (Å²) < 4.78 is 3.79. The minimum absolute atomic E-state index is 0.0152. The van der Waals surface area contributed by atoms with Crippen molar-refractivity contribution < 1.29 is 4.79 Å². The molecule has 7 nitrogen and oxygen atoms in total. The first-order valence-electron chi connectivity index (χ1n) is 11.0. The van der Waals surface area contributed by atoms with E-state index in [-0.39, 0.29) is 11.5 Å². The molecule has 5 aromatic rings. The van der Waals surface area contributed by atoms with E-state index in [0.29, 0.717) is 28.7 Å². The Morgan fingerprint density at radius 3 is 2.76 bits per heavy atom. The molecule has 1 N–H and O–H groups in total. The van der Waals surface area contributed by atoms with Crippen molar-refractivity contribution in [3.05, 3.63) is 82.0 Å². The summed E-state index contributed by atoms with van der Waals surface area (Å²) in [5.41, 5.74) is 3.62. The molecule has 0 radical (unpaired) electrons. The predicted molar refractivity (Wildman–Crippen MR) is 130 cm³/mol. The molecule has 1 aliphatic rings. The highest BCUT2D eigenvalue weighted by molar-refractivity contribution is 7.15. The van der Waals surface area contributed by atoms with Crippen molar-refractivity contribution in [2.45, 2.75) is 32.2 Å². The van der Waals surface area contributed by atoms with Crippen molar-refractivity contribution in [1.29, 1.82) is 0 Å². The van der Waals surface area contributed by atoms with Crippen LogP contribution in [0, 0.1) is 0 Å². The number of aryl methyl sites for hydroxylation is 1. The Bertz CT molecular complexity index is 1530. The summed E-state index contributed by atoms with van der Waals surface area (Å²) in [6, 6.07) is 12.7. The Morgan fingerprint density at radius 2 is 1.91 bits per heavy atom. The number of hydrogen-bond donors (Lipinski definition) is 1. The minimum atomic E-state index is -0.232. The van der Waals surface area contributed by atoms with Crippen molar-refractivity contribution in [1.82, 2.24) is 18.9 Å². The quantitative estimate of drug-likeness (QED) is 0.426. The first-order chi connectivity index (χ1) is 16.2. The number of aromatic nitrogens is 4. The number of nitrogens with one attached hydrogen (secondary N) is 1. The van der Waals surface area contributed by atoms with Crippen LogP contribution in [0.25, 0.3) is 27.1 Å². The molecule has 0 atom stereocenters. The van der Waals surface area contributed by atoms with Gasteiger partial charge in [0.25, 0.3) is 11.5 Å². The van der Waals surface area contributed by atoms with Crippen LogP contribution in [0.2, 0.25) is 0 Å². The van der Waals surface area contributed by atoms with E-state index in [0.717, 1.165) is 47.7 Å². The fraction of sp³-hybridized carbons (Fsp3) is 0.200. The lowest BCUT2D eigenvalue weighted by molar-refractivity contribution is 0.102. The van der Waals surface area contributed by atoms with Gasteiger partial charge in [0.2, 0.25) is 0 Å². The second-order valence-corrected chi connectivity index (χ2v) is 9.15. The van der Waals surface area contributed by atoms with Gasteiger partial charge in [0.05, 0.1) is 16.6 Å². The minimum Gasteiger partial charge on any atom is -0.322 e. The van der Waals surface area contributed by atoms with E-state index in [9.17, 15) is 9.59 Å². The molecule has 0 saturated carbocycles. The highest BCUT2D eigenvalue weighted by Gasteiger charge is 2.15. The fourth-order valence-corrected chi connectivity index (χ4v) is 5.05. The van der Waals surface area contributed by atoms with Gasteiger partial charge in [0.15, 0.2) is 4.96 Å². The van der Waals surface area contributed by atoms with Crippen LogP contribution in [0.4, 0.5) is 5.69 Å². The third-order valence-electron chi connectivity index (χ3n) is 6.11. The average molecular weight is 456 g/mol. The standard InChI is InChI=1S/C25H21N5O2S/c31-23(26-18-8-5-16(6-9-18)21-15-29-12-13-33-25(29)28-21)17-7-10-19-20(14-17)27-22-4-2-1-3-11-30(22)24(19)32/h5-10,12-15H,1-4,11H2,(H,26,31). The topological polar surface area (TPSA) is 81.3 Å². The Balaban J connectivity index is 1.25. The summed E-state index contributed by atoms with van der Waals surface area (Å²) in [6.07, 6.45) is 7.90. The number of benzene rings is 2. The van der Waals surface area contributed by atoms with Gasteiger partial charge in [-0.3, -0.25) is 18.6 Å². The molecule has 1 aliphatic heterocycles. The first-order valence-corrected chi connectivity index (χ1v) is 11.9. The predicted octanol–water partition coefficient (Wildman–Crippen LogP) is 4.75. The van der Waals surface area contributed by atoms with Crippen molar-refractivity contribution >= 4 is 38.8 Å². The van der Waals surface area contributed by atoms with Gasteiger partial charge in [-0.15, -0.1) is 11.3 Å². The maximum Gasteiger partial charge on any atom is 0.261 e. The van der Waals surface area contributed by atoms with E-state index >= 15 is 0 Å². The number of hydrogen-bond acceptors (Lipinski definition) is 5. The van der Waals surface area contributed by atoms with E-state index in [2.05, 4.69) is 10.3 Å². The van der Waals surface area contributed by atoms with Crippen molar-refractivity contribution in [3.8, 4) is 11.3 Å². The van der Waals surface area contributed by atoms with E-state index in [1.54, 1.807) is 34.1 Å². The molecule has 0 saturated heterocycles. The molecule has 33 heavy (non-hydrogen) atoms. The highest BCUT2D eigenvalue weighted by atomic mass is 32.1. The van der Waals surface area contributed by atoms with Crippen molar-refractivity contribution in [3.63, 3.8) is 0 Å². The molecule has 0 unspecified atom stereocenters. The molecule has 3 aromatic heterocycles. The van der Waals surface area contributed by atoms with Crippen LogP contribution in [0.15, 0.2) is 65.0 Å². The van der Waals surface area contributed by atoms with Crippen LogP contribution >= 0.6 is 11.3 Å². The number of rotatable bonds is 3. The number of amides is 1. The van der Waals surface area contributed by atoms with Gasteiger partial charge in [-0.25, -0.2) is 9.97 Å². The molecule has 4 heterocycles. The number of thiazole rings is 1. The summed E-state index contributed by atoms with van der Waals surface area (Å²) >= 11 is 1.59. The number of anilines is 1. The molecule has 8 heteroatoms. The molecule has 164 valence electrons. The Labute approximate surface area is 193 Å². The molecule has 1 amide bonds. The highest BCUT2D eigenvalue weighted by Crippen LogP contribution is 2.23. The molecule has 2 aromatic carbocycles. The Morgan fingerprint density at radius 1 is 1.03 bits per heavy atom. The monoisotopic (exact) mass is 455 g/mol. The number of nitrogens with zero attached hydrogens (tertiary/aromatic N) is 4. The fourth-order valence-electron chi connectivity index (χ4n) is 4.35. The van der Waals surface area contributed by atoms with Crippen molar-refractivity contribution in [2.24, 2.45) is 0 Å². The average Bonchev–Trinajstić information content (AvgIpc) is 3.35. The van der Waals surface area contributed by atoms with Gasteiger partial charge in [-0.1, -0.05) is 18.6 Å². The molecule has 6 rings (SSSR count). The van der Waals surface area contributed by atoms with Gasteiger partial charge in [0, 0.05) is 47.6 Å². The summed E-state index contributed by atoms with van der Waals surface area (Å²) in [5, 5.41) is 5.49. The maximum atomic E-state index is 12.9. The van der Waals surface area contributed by atoms with Gasteiger partial charge in [0.1, 0.15) is 5.82 Å². The summed E-state index contributed by atoms with van der Waals surface area (Å²) in [7, 11) is 0. The maximum absolute atomic E-state index is 12.9. The third-order valence-corrected chi connectivity index (χ3v) is 6.88. The van der Waals surface area contributed by atoms with Crippen LogP contribution in [0.3, 0.4) is 0 Å². The van der Waals surface area contributed by atoms with Crippen LogP contribution in [0.1, 0.15) is 35.4 Å². The third kappa shape index (κ3) is 3.62. The van der Waals surface area contributed by atoms with Crippen LogP contribution in [-0.4, -0.2) is 24.8 Å². The zero-order chi connectivity index (χ0) is 22.4. The SMILES string of the molecule is O=C(Nc1ccc(-c2cn3ccsc3n2)cc1)c1ccc2c(=O)n3c(nc2c1)CCCCC3. The Hall–Kier alpha value is -3.78. The molecular weight excluding hydrogens is 434 g/mol. The number of carbonyl (C=O) groups is 1. The molecule has 0 aliphatic carbocycles. The number of fused-ring (bicyclic) bond motifs is 3. The first kappa shape index (κ1) is 19.9. The molecular formula is C25H21N5O2S. The zero-order valence-corrected chi connectivity index (χ0v) is 18.6. The van der Waals surface area contributed by atoms with Gasteiger partial charge in [-0.2, -0.15) is 0 Å². The molecule has 0 spiro atoms. The van der Waals surface area contributed by atoms with Crippen molar-refractivity contribution in [2.75, 3.05) is 5.32 Å². The van der Waals surface area contributed by atoms with Crippen LogP contribution in [-0.2, 0) is 13.0 Å². The van der Waals surface area contributed by atoms with Crippen LogP contribution in [0.5, 0.6) is 0 Å². The normalized spacial score (nSPS) is 13.7.